The van der Waals surface area contributed by atoms with Gasteiger partial charge in [0.2, 0.25) is 11.8 Å². The summed E-state index contributed by atoms with van der Waals surface area (Å²) in [5, 5.41) is 2.04. The number of aryl methyl sites for hydroxylation is 1. The maximum Gasteiger partial charge on any atom is 0.232 e. The number of fused-ring (bicyclic) bond motifs is 1. The van der Waals surface area contributed by atoms with Gasteiger partial charge in [0.25, 0.3) is 0 Å². The van der Waals surface area contributed by atoms with Crippen LogP contribution in [0.4, 0.5) is 5.69 Å². The number of hydrogen-bond donors (Lipinski definition) is 0. The van der Waals surface area contributed by atoms with Crippen molar-refractivity contribution in [1.29, 1.82) is 0 Å². The van der Waals surface area contributed by atoms with Crippen LogP contribution in [0.1, 0.15) is 36.1 Å². The molecule has 6 rings (SSSR count). The second-order valence-electron chi connectivity index (χ2n) is 10.4. The van der Waals surface area contributed by atoms with Crippen LogP contribution in [-0.2, 0) is 27.1 Å². The number of para-hydroxylation sites is 1. The van der Waals surface area contributed by atoms with E-state index in [0.29, 0.717) is 6.42 Å². The van der Waals surface area contributed by atoms with E-state index in [2.05, 4.69) is 57.2 Å². The van der Waals surface area contributed by atoms with Gasteiger partial charge in [0.15, 0.2) is 6.26 Å². The maximum absolute atomic E-state index is 13.5. The van der Waals surface area contributed by atoms with Crippen LogP contribution in [0, 0.1) is 0 Å². The summed E-state index contributed by atoms with van der Waals surface area (Å²) in [5.41, 5.74) is 3.74. The highest BCUT2D eigenvalue weighted by Crippen LogP contribution is 2.32. The highest BCUT2D eigenvalue weighted by molar-refractivity contribution is 7.10. The normalized spacial score (nSPS) is 21.6. The molecule has 0 N–H and O–H groups in total. The first-order chi connectivity index (χ1) is 18.7. The van der Waals surface area contributed by atoms with E-state index in [0.717, 1.165) is 87.0 Å². The quantitative estimate of drug-likeness (QED) is 0.467. The highest BCUT2D eigenvalue weighted by Gasteiger charge is 2.33. The van der Waals surface area contributed by atoms with Gasteiger partial charge in [0.1, 0.15) is 12.0 Å². The van der Waals surface area contributed by atoms with Crippen molar-refractivity contribution < 1.29 is 14.3 Å². The highest BCUT2D eigenvalue weighted by atomic mass is 32.1. The van der Waals surface area contributed by atoms with Crippen molar-refractivity contribution in [1.82, 2.24) is 9.80 Å². The van der Waals surface area contributed by atoms with Crippen LogP contribution in [0.15, 0.2) is 89.7 Å². The SMILES string of the molecule is O=C(Cc1cccs1)N1c2ccccc2CCC1CN1CCN(C2=COC(CC3=CC=CCC3)=CO2)CC1. The molecule has 2 aromatic rings. The minimum absolute atomic E-state index is 0.187. The second-order valence-corrected chi connectivity index (χ2v) is 11.4. The van der Waals surface area contributed by atoms with E-state index in [-0.39, 0.29) is 11.9 Å². The molecular weight excluding hydrogens is 494 g/mol. The first-order valence-electron chi connectivity index (χ1n) is 13.7. The zero-order valence-electron chi connectivity index (χ0n) is 21.8. The Labute approximate surface area is 229 Å². The van der Waals surface area contributed by atoms with Gasteiger partial charge in [-0.05, 0) is 48.8 Å². The molecule has 0 spiro atoms. The summed E-state index contributed by atoms with van der Waals surface area (Å²) in [6, 6.07) is 12.7. The standard InChI is InChI=1S/C31H35N3O3S/c35-30(20-28-10-6-18-38-28)34-26(13-12-25-9-4-5-11-29(25)34)21-32-14-16-33(17-15-32)31-23-36-27(22-37-31)19-24-7-2-1-3-8-24/h1-2,4-7,9-11,18,22-23,26H,3,8,12-17,19-21H2. The van der Waals surface area contributed by atoms with Gasteiger partial charge in [-0.3, -0.25) is 9.69 Å². The van der Waals surface area contributed by atoms with Crippen LogP contribution >= 0.6 is 11.3 Å². The average molecular weight is 530 g/mol. The molecule has 1 unspecified atom stereocenters. The van der Waals surface area contributed by atoms with Gasteiger partial charge in [0.05, 0.1) is 6.42 Å². The summed E-state index contributed by atoms with van der Waals surface area (Å²) >= 11 is 1.66. The van der Waals surface area contributed by atoms with Gasteiger partial charge >= 0.3 is 0 Å². The Morgan fingerprint density at radius 1 is 1.00 bits per heavy atom. The van der Waals surface area contributed by atoms with Crippen LogP contribution in [0.25, 0.3) is 0 Å². The first-order valence-corrected chi connectivity index (χ1v) is 14.6. The van der Waals surface area contributed by atoms with E-state index in [1.54, 1.807) is 23.9 Å². The fraction of sp³-hybridized carbons (Fsp3) is 0.387. The molecule has 38 heavy (non-hydrogen) atoms. The van der Waals surface area contributed by atoms with Crippen LogP contribution in [-0.4, -0.2) is 54.5 Å². The summed E-state index contributed by atoms with van der Waals surface area (Å²) < 4.78 is 11.9. The van der Waals surface area contributed by atoms with E-state index in [1.165, 1.54) is 11.1 Å². The zero-order chi connectivity index (χ0) is 25.7. The topological polar surface area (TPSA) is 45.3 Å². The Morgan fingerprint density at radius 2 is 1.89 bits per heavy atom. The number of hydrogen-bond acceptors (Lipinski definition) is 6. The number of anilines is 1. The van der Waals surface area contributed by atoms with Gasteiger partial charge in [-0.15, -0.1) is 11.3 Å². The lowest BCUT2D eigenvalue weighted by Gasteiger charge is -2.42. The molecule has 1 atom stereocenters. The number of benzene rings is 1. The van der Waals surface area contributed by atoms with Crippen molar-refractivity contribution in [3.63, 3.8) is 0 Å². The van der Waals surface area contributed by atoms with Crippen molar-refractivity contribution in [3.05, 3.63) is 100 Å². The maximum atomic E-state index is 13.5. The number of amides is 1. The number of nitrogens with zero attached hydrogens (tertiary/aromatic N) is 3. The minimum atomic E-state index is 0.187. The van der Waals surface area contributed by atoms with E-state index >= 15 is 0 Å². The average Bonchev–Trinajstić information content (AvgIpc) is 3.47. The molecule has 1 aromatic carbocycles. The molecule has 1 saturated heterocycles. The van der Waals surface area contributed by atoms with E-state index in [1.807, 2.05) is 17.5 Å². The third kappa shape index (κ3) is 5.74. The third-order valence-electron chi connectivity index (χ3n) is 7.81. The molecule has 0 bridgehead atoms. The second kappa shape index (κ2) is 11.6. The van der Waals surface area contributed by atoms with Crippen molar-refractivity contribution in [3.8, 4) is 0 Å². The third-order valence-corrected chi connectivity index (χ3v) is 8.69. The molecule has 4 aliphatic rings. The Hall–Kier alpha value is -3.29. The van der Waals surface area contributed by atoms with Crippen molar-refractivity contribution in [2.75, 3.05) is 37.6 Å². The molecule has 3 aliphatic heterocycles. The number of thiophene rings is 1. The van der Waals surface area contributed by atoms with Crippen LogP contribution in [0.5, 0.6) is 0 Å². The van der Waals surface area contributed by atoms with Gasteiger partial charge < -0.3 is 19.3 Å². The number of allylic oxidation sites excluding steroid dienone is 4. The van der Waals surface area contributed by atoms with Gasteiger partial charge in [-0.2, -0.15) is 0 Å². The van der Waals surface area contributed by atoms with Gasteiger partial charge in [0, 0.05) is 55.8 Å². The number of piperazine rings is 1. The zero-order valence-corrected chi connectivity index (χ0v) is 22.6. The van der Waals surface area contributed by atoms with Crippen LogP contribution < -0.4 is 4.90 Å². The number of rotatable bonds is 7. The molecule has 6 nitrogen and oxygen atoms in total. The summed E-state index contributed by atoms with van der Waals surface area (Å²) in [6.45, 7) is 4.51. The fourth-order valence-electron chi connectivity index (χ4n) is 5.78. The van der Waals surface area contributed by atoms with Gasteiger partial charge in [-0.25, -0.2) is 0 Å². The van der Waals surface area contributed by atoms with Crippen molar-refractivity contribution >= 4 is 22.9 Å². The summed E-state index contributed by atoms with van der Waals surface area (Å²) in [4.78, 5) is 21.5. The minimum Gasteiger partial charge on any atom is -0.460 e. The Balaban J connectivity index is 1.05. The summed E-state index contributed by atoms with van der Waals surface area (Å²) in [7, 11) is 0. The summed E-state index contributed by atoms with van der Waals surface area (Å²) in [6.07, 6.45) is 15.5. The first kappa shape index (κ1) is 25.0. The summed E-state index contributed by atoms with van der Waals surface area (Å²) in [5.74, 6) is 1.84. The fourth-order valence-corrected chi connectivity index (χ4v) is 6.47. The monoisotopic (exact) mass is 529 g/mol. The molecule has 1 aliphatic carbocycles. The molecule has 1 aromatic heterocycles. The van der Waals surface area contributed by atoms with Crippen LogP contribution in [0.3, 0.4) is 0 Å². The molecular formula is C31H35N3O3S. The molecule has 1 fully saturated rings. The predicted octanol–water partition coefficient (Wildman–Crippen LogP) is 5.61. The Bertz CT molecular complexity index is 1250. The largest absolute Gasteiger partial charge is 0.460 e. The predicted molar refractivity (Wildman–Crippen MR) is 151 cm³/mol. The molecule has 198 valence electrons. The number of carbonyl (C=O) groups is 1. The number of carbonyl (C=O) groups excluding carboxylic acids is 1. The molecule has 7 heteroatoms. The van der Waals surface area contributed by atoms with Gasteiger partial charge in [-0.1, -0.05) is 48.1 Å². The van der Waals surface area contributed by atoms with E-state index in [4.69, 9.17) is 9.47 Å². The smallest absolute Gasteiger partial charge is 0.232 e. The molecule has 4 heterocycles. The number of ether oxygens (including phenoxy) is 2. The molecule has 1 amide bonds. The molecule has 0 radical (unpaired) electrons. The van der Waals surface area contributed by atoms with E-state index < -0.39 is 0 Å². The lowest BCUT2D eigenvalue weighted by Crippen LogP contribution is -2.54. The van der Waals surface area contributed by atoms with Crippen molar-refractivity contribution in [2.24, 2.45) is 0 Å². The van der Waals surface area contributed by atoms with E-state index in [9.17, 15) is 4.79 Å². The lowest BCUT2D eigenvalue weighted by molar-refractivity contribution is -0.118. The van der Waals surface area contributed by atoms with Crippen LogP contribution in [0.2, 0.25) is 0 Å². The Kier molecular flexibility index (Phi) is 7.65. The van der Waals surface area contributed by atoms with Crippen molar-refractivity contribution in [2.45, 2.75) is 44.6 Å². The Morgan fingerprint density at radius 3 is 2.66 bits per heavy atom. The lowest BCUT2D eigenvalue weighted by atomic mass is 9.94. The molecule has 0 saturated carbocycles.